The van der Waals surface area contributed by atoms with E-state index in [-0.39, 0.29) is 10.8 Å². The summed E-state index contributed by atoms with van der Waals surface area (Å²) in [5.41, 5.74) is 5.41. The number of nitrogens with zero attached hydrogens (tertiary/aromatic N) is 3. The van der Waals surface area contributed by atoms with E-state index in [9.17, 15) is 4.79 Å². The van der Waals surface area contributed by atoms with Gasteiger partial charge in [0.25, 0.3) is 0 Å². The van der Waals surface area contributed by atoms with Crippen LogP contribution < -0.4 is 4.90 Å². The second kappa shape index (κ2) is 7.05. The molecular weight excluding hydrogens is 362 g/mol. The molecule has 1 aromatic carbocycles. The first-order chi connectivity index (χ1) is 13.7. The first-order valence-corrected chi connectivity index (χ1v) is 10.5. The highest BCUT2D eigenvalue weighted by Gasteiger charge is 2.37. The van der Waals surface area contributed by atoms with Gasteiger partial charge in [-0.1, -0.05) is 45.9 Å². The highest BCUT2D eigenvalue weighted by Crippen LogP contribution is 2.46. The number of carboxylic acid groups (broad SMARTS) is 1. The minimum atomic E-state index is -0.842. The summed E-state index contributed by atoms with van der Waals surface area (Å²) in [7, 11) is 0. The number of amides is 1. The van der Waals surface area contributed by atoms with Crippen molar-refractivity contribution in [2.24, 2.45) is 0 Å². The molecule has 5 heteroatoms. The first-order valence-electron chi connectivity index (χ1n) is 10.5. The van der Waals surface area contributed by atoms with Crippen molar-refractivity contribution in [3.63, 3.8) is 0 Å². The minimum Gasteiger partial charge on any atom is -0.465 e. The molecule has 1 aromatic heterocycles. The minimum absolute atomic E-state index is 0.172. The van der Waals surface area contributed by atoms with E-state index in [2.05, 4.69) is 62.9 Å². The Morgan fingerprint density at radius 3 is 2.24 bits per heavy atom. The molecule has 1 amide bonds. The summed E-state index contributed by atoms with van der Waals surface area (Å²) >= 11 is 0. The van der Waals surface area contributed by atoms with Crippen molar-refractivity contribution in [2.75, 3.05) is 31.1 Å². The molecule has 154 valence electrons. The summed E-state index contributed by atoms with van der Waals surface area (Å²) in [4.78, 5) is 19.7. The molecule has 0 bridgehead atoms. The summed E-state index contributed by atoms with van der Waals surface area (Å²) in [6.45, 7) is 11.8. The highest BCUT2D eigenvalue weighted by molar-refractivity contribution is 5.66. The fourth-order valence-corrected chi connectivity index (χ4v) is 4.64. The summed E-state index contributed by atoms with van der Waals surface area (Å²) in [6, 6.07) is 13.0. The van der Waals surface area contributed by atoms with E-state index < -0.39 is 6.09 Å². The van der Waals surface area contributed by atoms with Gasteiger partial charge in [-0.15, -0.1) is 0 Å². The first kappa shape index (κ1) is 19.7. The molecular formula is C24H31N3O2. The van der Waals surface area contributed by atoms with E-state index in [1.54, 1.807) is 0 Å². The lowest BCUT2D eigenvalue weighted by Crippen LogP contribution is -2.48. The number of aromatic nitrogens is 1. The number of piperazine rings is 1. The third kappa shape index (κ3) is 3.70. The van der Waals surface area contributed by atoms with Gasteiger partial charge in [0, 0.05) is 31.7 Å². The Morgan fingerprint density at radius 1 is 0.931 bits per heavy atom. The number of anilines is 1. The molecule has 0 radical (unpaired) electrons. The van der Waals surface area contributed by atoms with Crippen molar-refractivity contribution in [3.8, 4) is 11.3 Å². The van der Waals surface area contributed by atoms with E-state index in [0.717, 1.165) is 17.1 Å². The fourth-order valence-electron chi connectivity index (χ4n) is 4.64. The largest absolute Gasteiger partial charge is 0.465 e. The van der Waals surface area contributed by atoms with Gasteiger partial charge in [0.05, 0.1) is 5.69 Å². The van der Waals surface area contributed by atoms with Crippen molar-refractivity contribution >= 4 is 11.9 Å². The number of hydrogen-bond acceptors (Lipinski definition) is 3. The lowest BCUT2D eigenvalue weighted by molar-refractivity contribution is 0.142. The Balaban J connectivity index is 1.64. The molecule has 1 aliphatic heterocycles. The van der Waals surface area contributed by atoms with Gasteiger partial charge in [-0.05, 0) is 53.0 Å². The van der Waals surface area contributed by atoms with Crippen LogP contribution in [0.1, 0.15) is 51.7 Å². The molecule has 5 nitrogen and oxygen atoms in total. The smallest absolute Gasteiger partial charge is 0.407 e. The normalized spacial score (nSPS) is 20.3. The Hall–Kier alpha value is -2.56. The number of carbonyl (C=O) groups is 1. The third-order valence-corrected chi connectivity index (χ3v) is 6.76. The van der Waals surface area contributed by atoms with Gasteiger partial charge in [0.2, 0.25) is 0 Å². The van der Waals surface area contributed by atoms with Crippen LogP contribution in [0.4, 0.5) is 10.6 Å². The quantitative estimate of drug-likeness (QED) is 0.789. The van der Waals surface area contributed by atoms with Crippen molar-refractivity contribution in [2.45, 2.75) is 51.4 Å². The zero-order chi connectivity index (χ0) is 20.8. The molecule has 2 aliphatic rings. The topological polar surface area (TPSA) is 56.7 Å². The molecule has 1 fully saturated rings. The molecule has 1 aliphatic carbocycles. The van der Waals surface area contributed by atoms with Gasteiger partial charge in [0.1, 0.15) is 5.82 Å². The third-order valence-electron chi connectivity index (χ3n) is 6.76. The van der Waals surface area contributed by atoms with Crippen LogP contribution in [0.25, 0.3) is 11.3 Å². The zero-order valence-corrected chi connectivity index (χ0v) is 17.9. The second-order valence-corrected chi connectivity index (χ2v) is 9.67. The summed E-state index contributed by atoms with van der Waals surface area (Å²) in [6.07, 6.45) is 1.56. The van der Waals surface area contributed by atoms with Crippen molar-refractivity contribution in [3.05, 3.63) is 47.5 Å². The van der Waals surface area contributed by atoms with Crippen LogP contribution in [0.2, 0.25) is 0 Å². The number of rotatable bonds is 2. The monoisotopic (exact) mass is 393 g/mol. The molecule has 0 unspecified atom stereocenters. The Morgan fingerprint density at radius 2 is 1.59 bits per heavy atom. The maximum absolute atomic E-state index is 11.1. The number of pyridine rings is 1. The Kier molecular flexibility index (Phi) is 4.80. The van der Waals surface area contributed by atoms with Crippen LogP contribution >= 0.6 is 0 Å². The molecule has 2 heterocycles. The fraction of sp³-hybridized carbons (Fsp3) is 0.500. The molecule has 1 saturated heterocycles. The van der Waals surface area contributed by atoms with E-state index in [1.165, 1.54) is 28.9 Å². The molecule has 2 aromatic rings. The predicted molar refractivity (Wildman–Crippen MR) is 117 cm³/mol. The Labute approximate surface area is 173 Å². The van der Waals surface area contributed by atoms with Gasteiger partial charge in [0.15, 0.2) is 0 Å². The number of hydrogen-bond donors (Lipinski definition) is 1. The van der Waals surface area contributed by atoms with Crippen molar-refractivity contribution < 1.29 is 9.90 Å². The number of fused-ring (bicyclic) bond motifs is 1. The average molecular weight is 394 g/mol. The van der Waals surface area contributed by atoms with Crippen LogP contribution in [0, 0.1) is 0 Å². The van der Waals surface area contributed by atoms with E-state index in [4.69, 9.17) is 10.1 Å². The lowest BCUT2D eigenvalue weighted by Gasteiger charge is -2.42. The molecule has 1 N–H and O–H groups in total. The van der Waals surface area contributed by atoms with Gasteiger partial charge in [-0.3, -0.25) is 0 Å². The molecule has 0 saturated carbocycles. The SMILES string of the molecule is CC1(C)CCC(C)(C)c2cc(-c3cccc(N4CCN(C(=O)O)CC4)n3)ccc21. The lowest BCUT2D eigenvalue weighted by atomic mass is 9.63. The zero-order valence-electron chi connectivity index (χ0n) is 17.9. The van der Waals surface area contributed by atoms with Crippen LogP contribution in [-0.2, 0) is 10.8 Å². The summed E-state index contributed by atoms with van der Waals surface area (Å²) in [5, 5.41) is 9.16. The maximum Gasteiger partial charge on any atom is 0.407 e. The standard InChI is InChI=1S/C24H31N3O2/c1-23(2)10-11-24(3,4)19-16-17(8-9-18(19)23)20-6-5-7-21(25-20)26-12-14-27(15-13-26)22(28)29/h5-9,16H,10-15H2,1-4H3,(H,28,29). The predicted octanol–water partition coefficient (Wildman–Crippen LogP) is 4.90. The van der Waals surface area contributed by atoms with Gasteiger partial charge in [-0.2, -0.15) is 0 Å². The van der Waals surface area contributed by atoms with Gasteiger partial charge >= 0.3 is 6.09 Å². The van der Waals surface area contributed by atoms with Crippen LogP contribution in [0.3, 0.4) is 0 Å². The summed E-state index contributed by atoms with van der Waals surface area (Å²) < 4.78 is 0. The van der Waals surface area contributed by atoms with Crippen LogP contribution in [-0.4, -0.2) is 47.3 Å². The van der Waals surface area contributed by atoms with Gasteiger partial charge in [-0.25, -0.2) is 9.78 Å². The van der Waals surface area contributed by atoms with Crippen molar-refractivity contribution in [1.29, 1.82) is 0 Å². The average Bonchev–Trinajstić information content (AvgIpc) is 2.71. The van der Waals surface area contributed by atoms with Gasteiger partial charge < -0.3 is 14.9 Å². The maximum atomic E-state index is 11.1. The van der Waals surface area contributed by atoms with E-state index in [0.29, 0.717) is 26.2 Å². The molecule has 0 atom stereocenters. The summed E-state index contributed by atoms with van der Waals surface area (Å²) in [5.74, 6) is 0.921. The van der Waals surface area contributed by atoms with Crippen molar-refractivity contribution in [1.82, 2.24) is 9.88 Å². The molecule has 29 heavy (non-hydrogen) atoms. The van der Waals surface area contributed by atoms with Crippen LogP contribution in [0.15, 0.2) is 36.4 Å². The number of benzene rings is 1. The van der Waals surface area contributed by atoms with E-state index in [1.807, 2.05) is 6.07 Å². The highest BCUT2D eigenvalue weighted by atomic mass is 16.4. The molecule has 4 rings (SSSR count). The van der Waals surface area contributed by atoms with E-state index >= 15 is 0 Å². The second-order valence-electron chi connectivity index (χ2n) is 9.67. The molecule has 0 spiro atoms. The Bertz CT molecular complexity index is 927. The van der Waals surface area contributed by atoms with Crippen LogP contribution in [0.5, 0.6) is 0 Å².